The number of ether oxygens (including phenoxy) is 2. The topological polar surface area (TPSA) is 52.6 Å². The number of carbonyl (C=O) groups is 2. The smallest absolute Gasteiger partial charge is 0.387 e. The number of carbonyl (C=O) groups excluding carboxylic acids is 2. The number of esters is 1. The Labute approximate surface area is 103 Å². The third-order valence-corrected chi connectivity index (χ3v) is 2.19. The van der Waals surface area contributed by atoms with Crippen LogP contribution >= 0.6 is 0 Å². The second-order valence-corrected chi connectivity index (χ2v) is 3.40. The molecule has 1 rings (SSSR count). The van der Waals surface area contributed by atoms with E-state index < -0.39 is 12.6 Å². The number of hydrogen-bond donors (Lipinski definition) is 0. The van der Waals surface area contributed by atoms with E-state index in [9.17, 15) is 18.4 Å². The molecular formula is C12H12F2O4. The number of hydrogen-bond acceptors (Lipinski definition) is 4. The number of halogens is 2. The van der Waals surface area contributed by atoms with Gasteiger partial charge in [0, 0.05) is 12.0 Å². The van der Waals surface area contributed by atoms with Crippen molar-refractivity contribution in [2.24, 2.45) is 0 Å². The zero-order chi connectivity index (χ0) is 13.5. The zero-order valence-corrected chi connectivity index (χ0v) is 9.69. The van der Waals surface area contributed by atoms with E-state index in [-0.39, 0.29) is 24.4 Å². The Hall–Kier alpha value is -1.98. The Balaban J connectivity index is 2.56. The molecule has 0 spiro atoms. The van der Waals surface area contributed by atoms with Crippen LogP contribution in [0.15, 0.2) is 24.3 Å². The molecular weight excluding hydrogens is 246 g/mol. The van der Waals surface area contributed by atoms with Gasteiger partial charge in [-0.2, -0.15) is 8.78 Å². The third kappa shape index (κ3) is 4.48. The molecule has 0 aliphatic rings. The van der Waals surface area contributed by atoms with Gasteiger partial charge in [0.05, 0.1) is 13.5 Å². The summed E-state index contributed by atoms with van der Waals surface area (Å²) in [6, 6.07) is 5.30. The second kappa shape index (κ2) is 6.68. The van der Waals surface area contributed by atoms with E-state index in [2.05, 4.69) is 9.47 Å². The minimum atomic E-state index is -2.90. The summed E-state index contributed by atoms with van der Waals surface area (Å²) in [7, 11) is 1.24. The van der Waals surface area contributed by atoms with Gasteiger partial charge in [0.25, 0.3) is 0 Å². The lowest BCUT2D eigenvalue weighted by molar-refractivity contribution is -0.140. The van der Waals surface area contributed by atoms with E-state index >= 15 is 0 Å². The van der Waals surface area contributed by atoms with Gasteiger partial charge in [0.2, 0.25) is 0 Å². The maximum Gasteiger partial charge on any atom is 0.387 e. The quantitative estimate of drug-likeness (QED) is 0.581. The summed E-state index contributed by atoms with van der Waals surface area (Å²) in [5.41, 5.74) is 0.334. The second-order valence-electron chi connectivity index (χ2n) is 3.40. The Morgan fingerprint density at radius 3 is 2.28 bits per heavy atom. The Bertz CT molecular complexity index is 415. The Morgan fingerprint density at radius 2 is 1.78 bits per heavy atom. The van der Waals surface area contributed by atoms with Crippen LogP contribution in [-0.4, -0.2) is 25.5 Å². The van der Waals surface area contributed by atoms with E-state index in [1.807, 2.05) is 0 Å². The van der Waals surface area contributed by atoms with Crippen molar-refractivity contribution in [3.8, 4) is 5.75 Å². The number of rotatable bonds is 6. The molecule has 0 saturated carbocycles. The van der Waals surface area contributed by atoms with E-state index in [0.717, 1.165) is 0 Å². The molecule has 0 radical (unpaired) electrons. The van der Waals surface area contributed by atoms with Gasteiger partial charge in [0.15, 0.2) is 5.78 Å². The van der Waals surface area contributed by atoms with Gasteiger partial charge in [-0.3, -0.25) is 9.59 Å². The van der Waals surface area contributed by atoms with E-state index in [4.69, 9.17) is 0 Å². The first-order chi connectivity index (χ1) is 8.52. The molecule has 1 aromatic rings. The van der Waals surface area contributed by atoms with Crippen LogP contribution in [0.5, 0.6) is 5.75 Å². The minimum Gasteiger partial charge on any atom is -0.469 e. The van der Waals surface area contributed by atoms with Gasteiger partial charge in [0.1, 0.15) is 5.75 Å². The molecule has 4 nitrogen and oxygen atoms in total. The lowest BCUT2D eigenvalue weighted by Gasteiger charge is -2.05. The monoisotopic (exact) mass is 258 g/mol. The molecule has 6 heteroatoms. The van der Waals surface area contributed by atoms with Gasteiger partial charge in [-0.15, -0.1) is 0 Å². The number of ketones is 1. The van der Waals surface area contributed by atoms with Crippen molar-refractivity contribution in [1.29, 1.82) is 0 Å². The van der Waals surface area contributed by atoms with E-state index in [0.29, 0.717) is 5.56 Å². The average molecular weight is 258 g/mol. The van der Waals surface area contributed by atoms with Gasteiger partial charge in [-0.05, 0) is 24.3 Å². The summed E-state index contributed by atoms with van der Waals surface area (Å²) in [5, 5.41) is 0. The summed E-state index contributed by atoms with van der Waals surface area (Å²) < 4.78 is 32.3. The van der Waals surface area contributed by atoms with Crippen LogP contribution in [0.3, 0.4) is 0 Å². The zero-order valence-electron chi connectivity index (χ0n) is 9.69. The van der Waals surface area contributed by atoms with Crippen LogP contribution < -0.4 is 4.74 Å². The van der Waals surface area contributed by atoms with Gasteiger partial charge >= 0.3 is 12.6 Å². The fourth-order valence-electron chi connectivity index (χ4n) is 1.28. The average Bonchev–Trinajstić information content (AvgIpc) is 2.35. The first kappa shape index (κ1) is 14.1. The van der Waals surface area contributed by atoms with Crippen LogP contribution in [0.1, 0.15) is 23.2 Å². The standard InChI is InChI=1S/C12H12F2O4/c1-17-11(16)7-6-10(15)8-2-4-9(5-3-8)18-12(13)14/h2-5,12H,6-7H2,1H3. The van der Waals surface area contributed by atoms with Crippen LogP contribution in [0, 0.1) is 0 Å². The molecule has 0 bridgehead atoms. The predicted molar refractivity (Wildman–Crippen MR) is 58.7 cm³/mol. The molecule has 18 heavy (non-hydrogen) atoms. The van der Waals surface area contributed by atoms with Crippen molar-refractivity contribution in [2.45, 2.75) is 19.5 Å². The largest absolute Gasteiger partial charge is 0.469 e. The molecule has 0 aromatic heterocycles. The fourth-order valence-corrected chi connectivity index (χ4v) is 1.28. The highest BCUT2D eigenvalue weighted by molar-refractivity contribution is 5.97. The lowest BCUT2D eigenvalue weighted by Crippen LogP contribution is -2.06. The minimum absolute atomic E-state index is 0.00931. The van der Waals surface area contributed by atoms with E-state index in [1.165, 1.54) is 31.4 Å². The Kier molecular flexibility index (Phi) is 5.23. The highest BCUT2D eigenvalue weighted by atomic mass is 19.3. The van der Waals surface area contributed by atoms with Crippen molar-refractivity contribution in [3.05, 3.63) is 29.8 Å². The molecule has 0 fully saturated rings. The molecule has 98 valence electrons. The first-order valence-electron chi connectivity index (χ1n) is 5.18. The van der Waals surface area contributed by atoms with Crippen molar-refractivity contribution in [3.63, 3.8) is 0 Å². The molecule has 0 N–H and O–H groups in total. The number of methoxy groups -OCH3 is 1. The van der Waals surface area contributed by atoms with Crippen LogP contribution in [0.4, 0.5) is 8.78 Å². The summed E-state index contributed by atoms with van der Waals surface area (Å²) in [5.74, 6) is -0.750. The molecule has 0 aliphatic heterocycles. The van der Waals surface area contributed by atoms with Crippen LogP contribution in [0.25, 0.3) is 0 Å². The SMILES string of the molecule is COC(=O)CCC(=O)c1ccc(OC(F)F)cc1. The highest BCUT2D eigenvalue weighted by Gasteiger charge is 2.10. The van der Waals surface area contributed by atoms with Gasteiger partial charge < -0.3 is 9.47 Å². The molecule has 0 aliphatic carbocycles. The number of alkyl halides is 2. The highest BCUT2D eigenvalue weighted by Crippen LogP contribution is 2.16. The van der Waals surface area contributed by atoms with Crippen molar-refractivity contribution in [1.82, 2.24) is 0 Å². The molecule has 0 unspecified atom stereocenters. The molecule has 1 aromatic carbocycles. The van der Waals surface area contributed by atoms with Crippen molar-refractivity contribution < 1.29 is 27.8 Å². The number of Topliss-reactive ketones (excluding diaryl/α,β-unsaturated/α-hetero) is 1. The summed E-state index contributed by atoms with van der Waals surface area (Å²) >= 11 is 0. The van der Waals surface area contributed by atoms with Crippen molar-refractivity contribution >= 4 is 11.8 Å². The van der Waals surface area contributed by atoms with Crippen molar-refractivity contribution in [2.75, 3.05) is 7.11 Å². The summed E-state index contributed by atoms with van der Waals surface area (Å²) in [4.78, 5) is 22.4. The summed E-state index contributed by atoms with van der Waals surface area (Å²) in [6.07, 6.45) is 0.00629. The molecule has 0 heterocycles. The third-order valence-electron chi connectivity index (χ3n) is 2.19. The van der Waals surface area contributed by atoms with Crippen LogP contribution in [-0.2, 0) is 9.53 Å². The fraction of sp³-hybridized carbons (Fsp3) is 0.333. The maximum absolute atomic E-state index is 11.9. The van der Waals surface area contributed by atoms with Gasteiger partial charge in [-0.25, -0.2) is 0 Å². The maximum atomic E-state index is 11.9. The van der Waals surface area contributed by atoms with Crippen LogP contribution in [0.2, 0.25) is 0 Å². The van der Waals surface area contributed by atoms with E-state index in [1.54, 1.807) is 0 Å². The molecule has 0 atom stereocenters. The first-order valence-corrected chi connectivity index (χ1v) is 5.18. The molecule has 0 amide bonds. The summed E-state index contributed by atoms with van der Waals surface area (Å²) in [6.45, 7) is -2.90. The predicted octanol–water partition coefficient (Wildman–Crippen LogP) is 2.42. The van der Waals surface area contributed by atoms with Gasteiger partial charge in [-0.1, -0.05) is 0 Å². The number of benzene rings is 1. The Morgan fingerprint density at radius 1 is 1.17 bits per heavy atom. The normalized spacial score (nSPS) is 10.2. The lowest BCUT2D eigenvalue weighted by atomic mass is 10.1. The molecule has 0 saturated heterocycles.